The molecular formula is C15H22FNO3. The summed E-state index contributed by atoms with van der Waals surface area (Å²) in [7, 11) is 0. The van der Waals surface area contributed by atoms with Crippen LogP contribution in [0, 0.1) is 5.82 Å². The third kappa shape index (κ3) is 5.57. The molecule has 0 bridgehead atoms. The van der Waals surface area contributed by atoms with Crippen LogP contribution in [0.2, 0.25) is 0 Å². The Morgan fingerprint density at radius 2 is 2.10 bits per heavy atom. The molecule has 0 spiro atoms. The highest BCUT2D eigenvalue weighted by Gasteiger charge is 2.19. The average Bonchev–Trinajstić information content (AvgIpc) is 2.46. The van der Waals surface area contributed by atoms with E-state index in [2.05, 4.69) is 5.32 Å². The number of para-hydroxylation sites is 1. The van der Waals surface area contributed by atoms with Crippen molar-refractivity contribution in [3.05, 3.63) is 30.1 Å². The Morgan fingerprint density at radius 1 is 1.35 bits per heavy atom. The minimum Gasteiger partial charge on any atom is -0.478 e. The minimum atomic E-state index is -0.681. The number of hydrogen-bond donors (Lipinski definition) is 1. The topological polar surface area (TPSA) is 47.6 Å². The van der Waals surface area contributed by atoms with Gasteiger partial charge in [0.1, 0.15) is 0 Å². The number of hydrogen-bond acceptors (Lipinski definition) is 3. The van der Waals surface area contributed by atoms with Crippen LogP contribution in [0.5, 0.6) is 5.75 Å². The van der Waals surface area contributed by atoms with Crippen molar-refractivity contribution in [2.24, 2.45) is 0 Å². The quantitative estimate of drug-likeness (QED) is 0.708. The summed E-state index contributed by atoms with van der Waals surface area (Å²) < 4.78 is 24.1. The second kappa shape index (κ2) is 9.31. The average molecular weight is 283 g/mol. The third-order valence-electron chi connectivity index (χ3n) is 2.74. The van der Waals surface area contributed by atoms with Gasteiger partial charge in [-0.05, 0) is 31.9 Å². The maximum atomic E-state index is 13.5. The summed E-state index contributed by atoms with van der Waals surface area (Å²) >= 11 is 0. The molecule has 1 rings (SSSR count). The van der Waals surface area contributed by atoms with Gasteiger partial charge in [0.25, 0.3) is 5.91 Å². The van der Waals surface area contributed by atoms with Crippen LogP contribution in [0.1, 0.15) is 26.7 Å². The summed E-state index contributed by atoms with van der Waals surface area (Å²) in [6, 6.07) is 6.07. The van der Waals surface area contributed by atoms with Crippen molar-refractivity contribution in [1.82, 2.24) is 5.32 Å². The van der Waals surface area contributed by atoms with Crippen molar-refractivity contribution in [2.75, 3.05) is 19.8 Å². The molecular weight excluding hydrogens is 261 g/mol. The third-order valence-corrected chi connectivity index (χ3v) is 2.74. The predicted octanol–water partition coefficient (Wildman–Crippen LogP) is 2.53. The van der Waals surface area contributed by atoms with Crippen LogP contribution in [-0.4, -0.2) is 31.8 Å². The van der Waals surface area contributed by atoms with Crippen molar-refractivity contribution in [3.63, 3.8) is 0 Å². The van der Waals surface area contributed by atoms with E-state index in [4.69, 9.17) is 9.47 Å². The second-order valence-corrected chi connectivity index (χ2v) is 4.29. The van der Waals surface area contributed by atoms with Gasteiger partial charge in [0.05, 0.1) is 0 Å². The molecule has 1 aromatic carbocycles. The van der Waals surface area contributed by atoms with Crippen LogP contribution >= 0.6 is 0 Å². The van der Waals surface area contributed by atoms with E-state index in [1.54, 1.807) is 12.1 Å². The zero-order valence-electron chi connectivity index (χ0n) is 12.0. The number of rotatable bonds is 9. The first-order valence-corrected chi connectivity index (χ1v) is 6.95. The summed E-state index contributed by atoms with van der Waals surface area (Å²) in [6.45, 7) is 5.55. The Balaban J connectivity index is 2.41. The second-order valence-electron chi connectivity index (χ2n) is 4.29. The smallest absolute Gasteiger partial charge is 0.261 e. The number of carbonyl (C=O) groups is 1. The molecule has 0 fully saturated rings. The van der Waals surface area contributed by atoms with Crippen molar-refractivity contribution in [3.8, 4) is 5.75 Å². The summed E-state index contributed by atoms with van der Waals surface area (Å²) in [5.74, 6) is -0.592. The largest absolute Gasteiger partial charge is 0.478 e. The molecule has 0 aliphatic heterocycles. The van der Waals surface area contributed by atoms with Gasteiger partial charge in [0, 0.05) is 19.8 Å². The Kier molecular flexibility index (Phi) is 7.65. The highest BCUT2D eigenvalue weighted by atomic mass is 19.1. The number of halogens is 1. The SMILES string of the molecule is CCOCCCNC(=O)[C@H](CC)Oc1ccccc1F. The molecule has 20 heavy (non-hydrogen) atoms. The Labute approximate surface area is 119 Å². The Bertz CT molecular complexity index is 412. The van der Waals surface area contributed by atoms with Gasteiger partial charge in [0.15, 0.2) is 17.7 Å². The van der Waals surface area contributed by atoms with E-state index in [-0.39, 0.29) is 11.7 Å². The minimum absolute atomic E-state index is 0.101. The summed E-state index contributed by atoms with van der Waals surface area (Å²) in [5, 5.41) is 2.77. The van der Waals surface area contributed by atoms with Crippen LogP contribution in [-0.2, 0) is 9.53 Å². The molecule has 1 amide bonds. The lowest BCUT2D eigenvalue weighted by Gasteiger charge is -2.17. The van der Waals surface area contributed by atoms with E-state index >= 15 is 0 Å². The van der Waals surface area contributed by atoms with Gasteiger partial charge in [-0.1, -0.05) is 19.1 Å². The highest BCUT2D eigenvalue weighted by Crippen LogP contribution is 2.18. The van der Waals surface area contributed by atoms with E-state index < -0.39 is 11.9 Å². The van der Waals surface area contributed by atoms with Gasteiger partial charge in [-0.25, -0.2) is 4.39 Å². The first-order chi connectivity index (χ1) is 9.69. The number of carbonyl (C=O) groups excluding carboxylic acids is 1. The molecule has 0 aliphatic rings. The fourth-order valence-corrected chi connectivity index (χ4v) is 1.66. The molecule has 5 heteroatoms. The number of nitrogens with one attached hydrogen (secondary N) is 1. The van der Waals surface area contributed by atoms with Crippen LogP contribution in [0.3, 0.4) is 0 Å². The molecule has 0 aromatic heterocycles. The van der Waals surface area contributed by atoms with Gasteiger partial charge in [-0.2, -0.15) is 0 Å². The van der Waals surface area contributed by atoms with Gasteiger partial charge >= 0.3 is 0 Å². The Morgan fingerprint density at radius 3 is 2.75 bits per heavy atom. The number of benzene rings is 1. The van der Waals surface area contributed by atoms with Crippen LogP contribution < -0.4 is 10.1 Å². The van der Waals surface area contributed by atoms with Crippen molar-refractivity contribution >= 4 is 5.91 Å². The fourth-order valence-electron chi connectivity index (χ4n) is 1.66. The monoisotopic (exact) mass is 283 g/mol. The molecule has 4 nitrogen and oxygen atoms in total. The maximum absolute atomic E-state index is 13.5. The lowest BCUT2D eigenvalue weighted by Crippen LogP contribution is -2.38. The first kappa shape index (κ1) is 16.4. The fraction of sp³-hybridized carbons (Fsp3) is 0.533. The lowest BCUT2D eigenvalue weighted by molar-refractivity contribution is -0.128. The molecule has 0 saturated heterocycles. The number of ether oxygens (including phenoxy) is 2. The summed E-state index contributed by atoms with van der Waals surface area (Å²) in [6.07, 6.45) is 0.542. The van der Waals surface area contributed by atoms with Crippen molar-refractivity contribution in [1.29, 1.82) is 0 Å². The summed E-state index contributed by atoms with van der Waals surface area (Å²) in [5.41, 5.74) is 0. The molecule has 1 atom stereocenters. The van der Waals surface area contributed by atoms with Gasteiger partial charge in [-0.15, -0.1) is 0 Å². The molecule has 1 N–H and O–H groups in total. The highest BCUT2D eigenvalue weighted by molar-refractivity contribution is 5.81. The molecule has 0 radical (unpaired) electrons. The molecule has 0 unspecified atom stereocenters. The predicted molar refractivity (Wildman–Crippen MR) is 75.2 cm³/mol. The molecule has 0 aliphatic carbocycles. The Hall–Kier alpha value is -1.62. The molecule has 112 valence electrons. The normalized spacial score (nSPS) is 11.9. The van der Waals surface area contributed by atoms with E-state index in [9.17, 15) is 9.18 Å². The molecule has 1 aromatic rings. The van der Waals surface area contributed by atoms with Crippen molar-refractivity contribution < 1.29 is 18.7 Å². The van der Waals surface area contributed by atoms with Crippen LogP contribution in [0.25, 0.3) is 0 Å². The van der Waals surface area contributed by atoms with Crippen molar-refractivity contribution in [2.45, 2.75) is 32.8 Å². The zero-order chi connectivity index (χ0) is 14.8. The first-order valence-electron chi connectivity index (χ1n) is 6.95. The van der Waals surface area contributed by atoms with Gasteiger partial charge < -0.3 is 14.8 Å². The summed E-state index contributed by atoms with van der Waals surface area (Å²) in [4.78, 5) is 11.9. The van der Waals surface area contributed by atoms with E-state index in [1.165, 1.54) is 12.1 Å². The molecule has 0 saturated carbocycles. The van der Waals surface area contributed by atoms with E-state index in [0.717, 1.165) is 6.42 Å². The number of amides is 1. The van der Waals surface area contributed by atoms with Crippen LogP contribution in [0.15, 0.2) is 24.3 Å². The molecule has 0 heterocycles. The standard InChI is InChI=1S/C15H22FNO3/c1-3-13(15(18)17-10-7-11-19-4-2)20-14-9-6-5-8-12(14)16/h5-6,8-9,13H,3-4,7,10-11H2,1-2H3,(H,17,18)/t13-/m0/s1. The van der Waals surface area contributed by atoms with Gasteiger partial charge in [0.2, 0.25) is 0 Å². The van der Waals surface area contributed by atoms with Crippen LogP contribution in [0.4, 0.5) is 4.39 Å². The maximum Gasteiger partial charge on any atom is 0.261 e. The van der Waals surface area contributed by atoms with E-state index in [1.807, 2.05) is 13.8 Å². The van der Waals surface area contributed by atoms with E-state index in [0.29, 0.717) is 26.2 Å². The van der Waals surface area contributed by atoms with Gasteiger partial charge in [-0.3, -0.25) is 4.79 Å². The zero-order valence-corrected chi connectivity index (χ0v) is 12.0. The lowest BCUT2D eigenvalue weighted by atomic mass is 10.2.